The van der Waals surface area contributed by atoms with Gasteiger partial charge in [-0.1, -0.05) is 0 Å². The van der Waals surface area contributed by atoms with E-state index in [-0.39, 0.29) is 11.5 Å². The highest BCUT2D eigenvalue weighted by molar-refractivity contribution is 5.56. The molecule has 3 N–H and O–H groups in total. The average molecular weight is 327 g/mol. The van der Waals surface area contributed by atoms with E-state index >= 15 is 0 Å². The maximum Gasteiger partial charge on any atom is 0.147 e. The van der Waals surface area contributed by atoms with Crippen LogP contribution in [0.15, 0.2) is 5.70 Å². The van der Waals surface area contributed by atoms with Gasteiger partial charge in [-0.2, -0.15) is 5.26 Å². The number of hydrogen-bond donors (Lipinski definition) is 2. The highest BCUT2D eigenvalue weighted by Gasteiger charge is 2.62. The Morgan fingerprint density at radius 3 is 2.50 bits per heavy atom. The fourth-order valence-corrected chi connectivity index (χ4v) is 7.13. The van der Waals surface area contributed by atoms with Crippen molar-refractivity contribution in [1.29, 1.82) is 5.26 Å². The van der Waals surface area contributed by atoms with Crippen molar-refractivity contribution in [2.24, 2.45) is 28.9 Å². The van der Waals surface area contributed by atoms with Crippen molar-refractivity contribution in [1.82, 2.24) is 4.90 Å². The first kappa shape index (κ1) is 15.0. The predicted octanol–water partition coefficient (Wildman–Crippen LogP) is 1.35. The van der Waals surface area contributed by atoms with Crippen LogP contribution in [0.3, 0.4) is 0 Å². The van der Waals surface area contributed by atoms with Gasteiger partial charge in [0.1, 0.15) is 17.7 Å². The second-order valence-corrected chi connectivity index (χ2v) is 9.36. The van der Waals surface area contributed by atoms with Crippen LogP contribution in [-0.2, 0) is 4.79 Å². The summed E-state index contributed by atoms with van der Waals surface area (Å²) in [5.74, 6) is 3.76. The molecular formula is C19H25N3O2. The molecule has 4 bridgehead atoms. The maximum absolute atomic E-state index is 11.9. The molecule has 0 aromatic carbocycles. The molecule has 5 nitrogen and oxygen atoms in total. The fraction of sp³-hybridized carbons (Fsp3) is 0.842. The average Bonchev–Trinajstić information content (AvgIpc) is 3.18. The van der Waals surface area contributed by atoms with Gasteiger partial charge < -0.3 is 15.7 Å². The van der Waals surface area contributed by atoms with E-state index in [1.807, 2.05) is 4.90 Å². The van der Waals surface area contributed by atoms with Crippen molar-refractivity contribution in [3.05, 3.63) is 5.70 Å². The molecule has 6 fully saturated rings. The molecule has 0 spiro atoms. The van der Waals surface area contributed by atoms with Crippen LogP contribution in [0.5, 0.6) is 0 Å². The first-order valence-corrected chi connectivity index (χ1v) is 9.38. The van der Waals surface area contributed by atoms with Gasteiger partial charge in [-0.3, -0.25) is 0 Å². The molecule has 0 radical (unpaired) electrons. The molecule has 0 amide bonds. The predicted molar refractivity (Wildman–Crippen MR) is 87.0 cm³/mol. The van der Waals surface area contributed by atoms with Gasteiger partial charge in [0.2, 0.25) is 0 Å². The first-order chi connectivity index (χ1) is 11.5. The lowest BCUT2D eigenvalue weighted by molar-refractivity contribution is -0.168. The summed E-state index contributed by atoms with van der Waals surface area (Å²) in [5.41, 5.74) is 6.45. The van der Waals surface area contributed by atoms with E-state index in [0.717, 1.165) is 38.5 Å². The largest absolute Gasteiger partial charge is 0.390 e. The van der Waals surface area contributed by atoms with Gasteiger partial charge in [0.05, 0.1) is 17.7 Å². The summed E-state index contributed by atoms with van der Waals surface area (Å²) < 4.78 is 0. The van der Waals surface area contributed by atoms with Gasteiger partial charge >= 0.3 is 0 Å². The van der Waals surface area contributed by atoms with Gasteiger partial charge in [0, 0.05) is 6.04 Å². The third-order valence-electron chi connectivity index (χ3n) is 7.67. The summed E-state index contributed by atoms with van der Waals surface area (Å²) in [5, 5.41) is 20.4. The Kier molecular flexibility index (Phi) is 2.89. The van der Waals surface area contributed by atoms with Gasteiger partial charge in [0.15, 0.2) is 0 Å². The Morgan fingerprint density at radius 1 is 1.21 bits per heavy atom. The zero-order valence-electron chi connectivity index (χ0n) is 13.9. The lowest BCUT2D eigenvalue weighted by Crippen LogP contribution is -2.62. The molecule has 5 heteroatoms. The second-order valence-electron chi connectivity index (χ2n) is 9.36. The zero-order chi connectivity index (χ0) is 16.7. The minimum Gasteiger partial charge on any atom is -0.390 e. The van der Waals surface area contributed by atoms with Crippen molar-refractivity contribution < 1.29 is 9.90 Å². The Balaban J connectivity index is 1.48. The number of piperidine rings is 1. The van der Waals surface area contributed by atoms with E-state index in [0.29, 0.717) is 35.9 Å². The highest BCUT2D eigenvalue weighted by Crippen LogP contribution is 2.63. The maximum atomic E-state index is 11.9. The van der Waals surface area contributed by atoms with E-state index in [1.165, 1.54) is 6.42 Å². The van der Waals surface area contributed by atoms with Crippen LogP contribution in [0.4, 0.5) is 0 Å². The van der Waals surface area contributed by atoms with Gasteiger partial charge in [-0.15, -0.1) is 0 Å². The molecule has 5 aliphatic carbocycles. The van der Waals surface area contributed by atoms with Crippen molar-refractivity contribution in [3.8, 4) is 6.07 Å². The first-order valence-electron chi connectivity index (χ1n) is 9.38. The Morgan fingerprint density at radius 2 is 1.92 bits per heavy atom. The number of aliphatic hydroxyl groups is 1. The van der Waals surface area contributed by atoms with E-state index in [2.05, 4.69) is 12.0 Å². The molecule has 0 aromatic heterocycles. The Bertz CT molecular complexity index is 663. The van der Waals surface area contributed by atoms with E-state index < -0.39 is 11.6 Å². The number of hydrogen-bond acceptors (Lipinski definition) is 5. The monoisotopic (exact) mass is 327 g/mol. The number of carbonyl (C=O) groups excluding carboxylic acids is 1. The lowest BCUT2D eigenvalue weighted by atomic mass is 9.46. The molecule has 5 saturated carbocycles. The number of likely N-dealkylation sites (tertiary alicyclic amines) is 1. The van der Waals surface area contributed by atoms with Crippen LogP contribution in [0.2, 0.25) is 0 Å². The number of fused-ring (bicyclic) bond motifs is 1. The molecule has 24 heavy (non-hydrogen) atoms. The fourth-order valence-electron chi connectivity index (χ4n) is 7.13. The molecule has 1 aliphatic heterocycles. The summed E-state index contributed by atoms with van der Waals surface area (Å²) >= 11 is 0. The van der Waals surface area contributed by atoms with E-state index in [4.69, 9.17) is 5.73 Å². The molecular weight excluding hydrogens is 302 g/mol. The molecule has 128 valence electrons. The number of nitrogens with two attached hydrogens (primary N) is 1. The molecule has 6 atom stereocenters. The third-order valence-corrected chi connectivity index (χ3v) is 7.67. The molecule has 2 unspecified atom stereocenters. The number of nitriles is 1. The van der Waals surface area contributed by atoms with Crippen molar-refractivity contribution in [2.75, 3.05) is 0 Å². The van der Waals surface area contributed by atoms with Crippen molar-refractivity contribution in [3.63, 3.8) is 0 Å². The van der Waals surface area contributed by atoms with Crippen LogP contribution in [0.1, 0.15) is 51.4 Å². The number of rotatable bonds is 3. The smallest absolute Gasteiger partial charge is 0.147 e. The minimum atomic E-state index is -0.586. The molecule has 0 aromatic rings. The van der Waals surface area contributed by atoms with Crippen molar-refractivity contribution >= 4 is 5.94 Å². The summed E-state index contributed by atoms with van der Waals surface area (Å²) in [7, 11) is 0. The van der Waals surface area contributed by atoms with Crippen LogP contribution < -0.4 is 5.73 Å². The molecule has 1 saturated heterocycles. The Hall–Kier alpha value is -1.34. The standard InChI is InChI=1S/C19H25N3O2/c20-8-14-2-13-3-15(13)22(14)16(9-23)17(21)18-4-11-1-12(5-18)7-19(24,6-11)10-18/h11-15,17,24H,1-7,10,21H2/t11?,12?,13-,14+,15+,17-,18?,19?/m1/s1. The lowest BCUT2D eigenvalue weighted by Gasteiger charge is -2.62. The normalized spacial score (nSPS) is 51.7. The Labute approximate surface area is 142 Å². The summed E-state index contributed by atoms with van der Waals surface area (Å²) in [4.78, 5) is 13.9. The van der Waals surface area contributed by atoms with E-state index in [9.17, 15) is 15.2 Å². The minimum absolute atomic E-state index is 0.182. The molecule has 6 aliphatic rings. The van der Waals surface area contributed by atoms with Gasteiger partial charge in [-0.05, 0) is 74.5 Å². The highest BCUT2D eigenvalue weighted by atomic mass is 16.3. The third kappa shape index (κ3) is 1.91. The quantitative estimate of drug-likeness (QED) is 0.764. The van der Waals surface area contributed by atoms with E-state index in [1.54, 1.807) is 0 Å². The molecule has 1 heterocycles. The van der Waals surface area contributed by atoms with Gasteiger partial charge in [-0.25, -0.2) is 4.79 Å². The van der Waals surface area contributed by atoms with Crippen LogP contribution in [0.25, 0.3) is 0 Å². The van der Waals surface area contributed by atoms with Crippen LogP contribution in [0, 0.1) is 34.5 Å². The van der Waals surface area contributed by atoms with Crippen molar-refractivity contribution in [2.45, 2.75) is 75.1 Å². The summed E-state index contributed by atoms with van der Waals surface area (Å²) in [6.45, 7) is 0. The second kappa shape index (κ2) is 4.64. The van der Waals surface area contributed by atoms with Gasteiger partial charge in [0.25, 0.3) is 0 Å². The summed E-state index contributed by atoms with van der Waals surface area (Å²) in [6, 6.07) is 2.03. The summed E-state index contributed by atoms with van der Waals surface area (Å²) in [6.07, 6.45) is 7.64. The SMILES string of the molecule is N#C[C@@H]1C[C@@H]2C[C@@H]2N1C(=C=O)[C@@H](N)C12CC3CC(CC(O)(C3)C1)C2. The van der Waals surface area contributed by atoms with Crippen LogP contribution >= 0.6 is 0 Å². The topological polar surface area (TPSA) is 90.4 Å². The van der Waals surface area contributed by atoms with Crippen LogP contribution in [-0.4, -0.2) is 39.7 Å². The number of nitrogens with zero attached hydrogens (tertiary/aromatic N) is 2. The molecule has 6 rings (SSSR count). The zero-order valence-corrected chi connectivity index (χ0v) is 13.9.